The quantitative estimate of drug-likeness (QED) is 0.699. The van der Waals surface area contributed by atoms with Crippen molar-refractivity contribution < 1.29 is 9.21 Å². The number of hydrogen-bond acceptors (Lipinski definition) is 3. The molecule has 0 spiro atoms. The number of halogens is 1. The summed E-state index contributed by atoms with van der Waals surface area (Å²) >= 11 is 3.35. The summed E-state index contributed by atoms with van der Waals surface area (Å²) < 4.78 is 6.04. The van der Waals surface area contributed by atoms with Gasteiger partial charge in [-0.1, -0.05) is 28.1 Å². The lowest BCUT2D eigenvalue weighted by atomic mass is 10.2. The van der Waals surface area contributed by atoms with Crippen LogP contribution in [0.4, 0.5) is 0 Å². The van der Waals surface area contributed by atoms with Gasteiger partial charge in [-0.25, -0.2) is 5.43 Å². The van der Waals surface area contributed by atoms with Crippen molar-refractivity contribution in [2.45, 2.75) is 6.92 Å². The standard InChI is InChI=1S/C13H11BrN2O2/c1-9-12(6-7-18-9)13(17)16-15-8-10-2-4-11(14)5-3-10/h2-8H,1H3,(H,16,17). The summed E-state index contributed by atoms with van der Waals surface area (Å²) in [6, 6.07) is 9.21. The second kappa shape index (κ2) is 5.64. The molecule has 0 unspecified atom stereocenters. The fraction of sp³-hybridized carbons (Fsp3) is 0.0769. The van der Waals surface area contributed by atoms with Crippen molar-refractivity contribution >= 4 is 28.1 Å². The number of hydrazone groups is 1. The Morgan fingerprint density at radius 1 is 1.33 bits per heavy atom. The second-order valence-corrected chi connectivity index (χ2v) is 4.56. The molecule has 0 atom stereocenters. The molecule has 0 radical (unpaired) electrons. The van der Waals surface area contributed by atoms with Crippen molar-refractivity contribution in [1.82, 2.24) is 5.43 Å². The molecule has 1 N–H and O–H groups in total. The maximum Gasteiger partial charge on any atom is 0.274 e. The zero-order valence-electron chi connectivity index (χ0n) is 9.68. The summed E-state index contributed by atoms with van der Waals surface area (Å²) in [6.45, 7) is 1.73. The molecule has 1 heterocycles. The number of nitrogens with zero attached hydrogens (tertiary/aromatic N) is 1. The maximum atomic E-state index is 11.7. The first-order valence-electron chi connectivity index (χ1n) is 5.30. The minimum Gasteiger partial charge on any atom is -0.469 e. The average Bonchev–Trinajstić information content (AvgIpc) is 2.78. The number of amides is 1. The third kappa shape index (κ3) is 3.07. The van der Waals surface area contributed by atoms with Crippen molar-refractivity contribution in [3.8, 4) is 0 Å². The van der Waals surface area contributed by atoms with Gasteiger partial charge < -0.3 is 4.42 Å². The highest BCUT2D eigenvalue weighted by molar-refractivity contribution is 9.10. The van der Waals surface area contributed by atoms with Crippen LogP contribution in [0, 0.1) is 6.92 Å². The first kappa shape index (κ1) is 12.6. The van der Waals surface area contributed by atoms with E-state index in [1.165, 1.54) is 6.26 Å². The number of nitrogens with one attached hydrogen (secondary N) is 1. The number of aryl methyl sites for hydroxylation is 1. The Balaban J connectivity index is 1.98. The smallest absolute Gasteiger partial charge is 0.274 e. The predicted octanol–water partition coefficient (Wildman–Crippen LogP) is 3.11. The Hall–Kier alpha value is -1.88. The molecule has 0 fully saturated rings. The Bertz CT molecular complexity index is 573. The number of furan rings is 1. The van der Waals surface area contributed by atoms with Crippen LogP contribution in [0.25, 0.3) is 0 Å². The molecule has 1 aromatic heterocycles. The van der Waals surface area contributed by atoms with Crippen molar-refractivity contribution in [2.75, 3.05) is 0 Å². The molecular weight excluding hydrogens is 296 g/mol. The number of carbonyl (C=O) groups excluding carboxylic acids is 1. The molecule has 0 aliphatic carbocycles. The van der Waals surface area contributed by atoms with E-state index in [4.69, 9.17) is 4.42 Å². The summed E-state index contributed by atoms with van der Waals surface area (Å²) in [5.74, 6) is 0.293. The Morgan fingerprint density at radius 3 is 2.67 bits per heavy atom. The van der Waals surface area contributed by atoms with Crippen molar-refractivity contribution in [1.29, 1.82) is 0 Å². The van der Waals surface area contributed by atoms with Gasteiger partial charge in [0.2, 0.25) is 0 Å². The lowest BCUT2D eigenvalue weighted by molar-refractivity contribution is 0.0953. The Labute approximate surface area is 113 Å². The van der Waals surface area contributed by atoms with E-state index in [9.17, 15) is 4.79 Å². The van der Waals surface area contributed by atoms with Crippen molar-refractivity contribution in [3.05, 3.63) is 58.0 Å². The monoisotopic (exact) mass is 306 g/mol. The first-order valence-corrected chi connectivity index (χ1v) is 6.09. The van der Waals surface area contributed by atoms with Gasteiger partial charge in [0, 0.05) is 4.47 Å². The number of benzene rings is 1. The van der Waals surface area contributed by atoms with Crippen LogP contribution in [-0.2, 0) is 0 Å². The highest BCUT2D eigenvalue weighted by atomic mass is 79.9. The van der Waals surface area contributed by atoms with Crippen LogP contribution >= 0.6 is 15.9 Å². The molecule has 1 amide bonds. The molecule has 0 bridgehead atoms. The summed E-state index contributed by atoms with van der Waals surface area (Å²) in [6.07, 6.45) is 3.06. The molecule has 0 aliphatic rings. The van der Waals surface area contributed by atoms with Crippen LogP contribution in [0.15, 0.2) is 50.6 Å². The average molecular weight is 307 g/mol. The van der Waals surface area contributed by atoms with E-state index in [0.29, 0.717) is 11.3 Å². The molecule has 18 heavy (non-hydrogen) atoms. The SMILES string of the molecule is Cc1occc1C(=O)NN=Cc1ccc(Br)cc1. The van der Waals surface area contributed by atoms with Gasteiger partial charge in [-0.2, -0.15) is 5.10 Å². The van der Waals surface area contributed by atoms with Gasteiger partial charge in [0.05, 0.1) is 18.0 Å². The van der Waals surface area contributed by atoms with Gasteiger partial charge in [-0.15, -0.1) is 0 Å². The Morgan fingerprint density at radius 2 is 2.06 bits per heavy atom. The van der Waals surface area contributed by atoms with Crippen LogP contribution in [0.3, 0.4) is 0 Å². The van der Waals surface area contributed by atoms with E-state index in [0.717, 1.165) is 10.0 Å². The van der Waals surface area contributed by atoms with E-state index in [-0.39, 0.29) is 5.91 Å². The Kier molecular flexibility index (Phi) is 3.94. The third-order valence-electron chi connectivity index (χ3n) is 2.35. The molecule has 5 heteroatoms. The third-order valence-corrected chi connectivity index (χ3v) is 2.88. The van der Waals surface area contributed by atoms with Crippen LogP contribution < -0.4 is 5.43 Å². The molecular formula is C13H11BrN2O2. The zero-order valence-corrected chi connectivity index (χ0v) is 11.3. The van der Waals surface area contributed by atoms with Crippen LogP contribution in [-0.4, -0.2) is 12.1 Å². The largest absolute Gasteiger partial charge is 0.469 e. The van der Waals surface area contributed by atoms with Crippen molar-refractivity contribution in [2.24, 2.45) is 5.10 Å². The summed E-state index contributed by atoms with van der Waals surface area (Å²) in [4.78, 5) is 11.7. The fourth-order valence-corrected chi connectivity index (χ4v) is 1.66. The maximum absolute atomic E-state index is 11.7. The summed E-state index contributed by atoms with van der Waals surface area (Å²) in [7, 11) is 0. The van der Waals surface area contributed by atoms with Crippen LogP contribution in [0.5, 0.6) is 0 Å². The highest BCUT2D eigenvalue weighted by Gasteiger charge is 2.09. The molecule has 0 saturated carbocycles. The topological polar surface area (TPSA) is 54.6 Å². The van der Waals surface area contributed by atoms with E-state index < -0.39 is 0 Å². The van der Waals surface area contributed by atoms with E-state index >= 15 is 0 Å². The van der Waals surface area contributed by atoms with Gasteiger partial charge >= 0.3 is 0 Å². The number of carbonyl (C=O) groups is 1. The van der Waals surface area contributed by atoms with Gasteiger partial charge in [-0.05, 0) is 30.7 Å². The molecule has 2 rings (SSSR count). The van der Waals surface area contributed by atoms with Gasteiger partial charge in [-0.3, -0.25) is 4.79 Å². The predicted molar refractivity (Wildman–Crippen MR) is 72.6 cm³/mol. The lowest BCUT2D eigenvalue weighted by Crippen LogP contribution is -2.17. The highest BCUT2D eigenvalue weighted by Crippen LogP contribution is 2.09. The molecule has 1 aromatic carbocycles. The minimum atomic E-state index is -0.283. The van der Waals surface area contributed by atoms with Gasteiger partial charge in [0.15, 0.2) is 0 Å². The van der Waals surface area contributed by atoms with E-state index in [1.807, 2.05) is 24.3 Å². The van der Waals surface area contributed by atoms with E-state index in [1.54, 1.807) is 19.2 Å². The lowest BCUT2D eigenvalue weighted by Gasteiger charge is -1.97. The first-order chi connectivity index (χ1) is 8.66. The molecule has 92 valence electrons. The molecule has 2 aromatic rings. The van der Waals surface area contributed by atoms with Gasteiger partial charge in [0.1, 0.15) is 5.76 Å². The van der Waals surface area contributed by atoms with E-state index in [2.05, 4.69) is 26.5 Å². The summed E-state index contributed by atoms with van der Waals surface area (Å²) in [5.41, 5.74) is 3.84. The van der Waals surface area contributed by atoms with Crippen LogP contribution in [0.1, 0.15) is 21.7 Å². The fourth-order valence-electron chi connectivity index (χ4n) is 1.40. The number of hydrogen-bond donors (Lipinski definition) is 1. The minimum absolute atomic E-state index is 0.283. The summed E-state index contributed by atoms with van der Waals surface area (Å²) in [5, 5.41) is 3.89. The zero-order chi connectivity index (χ0) is 13.0. The van der Waals surface area contributed by atoms with Crippen molar-refractivity contribution in [3.63, 3.8) is 0 Å². The second-order valence-electron chi connectivity index (χ2n) is 3.64. The van der Waals surface area contributed by atoms with Gasteiger partial charge in [0.25, 0.3) is 5.91 Å². The molecule has 0 aliphatic heterocycles. The molecule has 4 nitrogen and oxygen atoms in total. The molecule has 0 saturated heterocycles. The van der Waals surface area contributed by atoms with Crippen LogP contribution in [0.2, 0.25) is 0 Å². The normalized spacial score (nSPS) is 10.8. The number of rotatable bonds is 3.